The summed E-state index contributed by atoms with van der Waals surface area (Å²) in [6, 6.07) is 4.43. The molecule has 3 aromatic rings. The van der Waals surface area contributed by atoms with E-state index in [2.05, 4.69) is 20.3 Å². The summed E-state index contributed by atoms with van der Waals surface area (Å²) in [5.74, 6) is -0.557. The molecular weight excluding hydrogens is 323 g/mol. The third-order valence-electron chi connectivity index (χ3n) is 3.17. The maximum absolute atomic E-state index is 12.9. The second-order valence-corrected chi connectivity index (χ2v) is 4.75. The molecule has 0 fully saturated rings. The third-order valence-corrected chi connectivity index (χ3v) is 3.17. The SMILES string of the molecule is O=C(Nc1ccc(C(F)(F)F)cc1-n1ccnc1)c1ccncn1. The van der Waals surface area contributed by atoms with Gasteiger partial charge in [0.2, 0.25) is 0 Å². The zero-order valence-corrected chi connectivity index (χ0v) is 12.0. The van der Waals surface area contributed by atoms with E-state index in [9.17, 15) is 18.0 Å². The number of carbonyl (C=O) groups excluding carboxylic acids is 1. The number of imidazole rings is 1. The van der Waals surface area contributed by atoms with Gasteiger partial charge < -0.3 is 9.88 Å². The van der Waals surface area contributed by atoms with Gasteiger partial charge in [-0.1, -0.05) is 0 Å². The second-order valence-electron chi connectivity index (χ2n) is 4.75. The molecule has 6 nitrogen and oxygen atoms in total. The fourth-order valence-corrected chi connectivity index (χ4v) is 2.04. The van der Waals surface area contributed by atoms with E-state index >= 15 is 0 Å². The van der Waals surface area contributed by atoms with Crippen LogP contribution >= 0.6 is 0 Å². The van der Waals surface area contributed by atoms with E-state index in [1.807, 2.05) is 0 Å². The molecule has 2 aromatic heterocycles. The molecule has 2 heterocycles. The Labute approximate surface area is 134 Å². The average molecular weight is 333 g/mol. The standard InChI is InChI=1S/C15H10F3N5O/c16-15(17,18)10-1-2-11(13(7-10)23-6-5-20-9-23)22-14(24)12-3-4-19-8-21-12/h1-9H,(H,22,24). The van der Waals surface area contributed by atoms with Crippen LogP contribution in [0.15, 0.2) is 55.5 Å². The van der Waals surface area contributed by atoms with E-state index in [-0.39, 0.29) is 17.1 Å². The van der Waals surface area contributed by atoms with Gasteiger partial charge in [-0.05, 0) is 24.3 Å². The molecule has 0 spiro atoms. The predicted octanol–water partition coefficient (Wildman–Crippen LogP) is 2.93. The summed E-state index contributed by atoms with van der Waals surface area (Å²) in [4.78, 5) is 23.5. The molecule has 122 valence electrons. The first kappa shape index (κ1) is 15.7. The van der Waals surface area contributed by atoms with Gasteiger partial charge in [-0.25, -0.2) is 15.0 Å². The molecule has 0 aliphatic rings. The van der Waals surface area contributed by atoms with Gasteiger partial charge in [0.05, 0.1) is 23.3 Å². The summed E-state index contributed by atoms with van der Waals surface area (Å²) in [6.45, 7) is 0. The first-order valence-electron chi connectivity index (χ1n) is 6.72. The number of carbonyl (C=O) groups is 1. The van der Waals surface area contributed by atoms with Crippen LogP contribution in [0.3, 0.4) is 0 Å². The maximum atomic E-state index is 12.9. The van der Waals surface area contributed by atoms with Crippen molar-refractivity contribution in [1.29, 1.82) is 0 Å². The van der Waals surface area contributed by atoms with Gasteiger partial charge in [0.25, 0.3) is 5.91 Å². The molecule has 0 atom stereocenters. The van der Waals surface area contributed by atoms with Gasteiger partial charge in [0, 0.05) is 18.6 Å². The summed E-state index contributed by atoms with van der Waals surface area (Å²) in [6.07, 6.45) is 2.36. The minimum absolute atomic E-state index is 0.0986. The van der Waals surface area contributed by atoms with Gasteiger partial charge in [-0.2, -0.15) is 13.2 Å². The van der Waals surface area contributed by atoms with Crippen LogP contribution in [0.25, 0.3) is 5.69 Å². The largest absolute Gasteiger partial charge is 0.416 e. The van der Waals surface area contributed by atoms with Gasteiger partial charge in [-0.15, -0.1) is 0 Å². The summed E-state index contributed by atoms with van der Waals surface area (Å²) in [7, 11) is 0. The molecule has 0 saturated heterocycles. The summed E-state index contributed by atoms with van der Waals surface area (Å²) >= 11 is 0. The Kier molecular flexibility index (Phi) is 3.98. The Balaban J connectivity index is 2.00. The number of aromatic nitrogens is 4. The van der Waals surface area contributed by atoms with Crippen molar-refractivity contribution in [2.24, 2.45) is 0 Å². The van der Waals surface area contributed by atoms with Crippen molar-refractivity contribution < 1.29 is 18.0 Å². The van der Waals surface area contributed by atoms with Crippen LogP contribution in [0.1, 0.15) is 16.1 Å². The average Bonchev–Trinajstić information content (AvgIpc) is 3.09. The fourth-order valence-electron chi connectivity index (χ4n) is 2.04. The lowest BCUT2D eigenvalue weighted by atomic mass is 10.1. The van der Waals surface area contributed by atoms with Crippen LogP contribution < -0.4 is 5.32 Å². The van der Waals surface area contributed by atoms with E-state index in [4.69, 9.17) is 0 Å². The molecule has 9 heteroatoms. The van der Waals surface area contributed by atoms with Crippen LogP contribution in [0.4, 0.5) is 18.9 Å². The number of alkyl halides is 3. The van der Waals surface area contributed by atoms with E-state index < -0.39 is 17.6 Å². The quantitative estimate of drug-likeness (QED) is 0.800. The summed E-state index contributed by atoms with van der Waals surface area (Å²) in [5, 5.41) is 2.55. The smallest absolute Gasteiger partial charge is 0.319 e. The molecule has 0 bridgehead atoms. The molecule has 0 saturated carbocycles. The molecule has 0 aliphatic heterocycles. The number of amides is 1. The highest BCUT2D eigenvalue weighted by Gasteiger charge is 2.31. The monoisotopic (exact) mass is 333 g/mol. The van der Waals surface area contributed by atoms with Crippen molar-refractivity contribution in [2.75, 3.05) is 5.32 Å². The van der Waals surface area contributed by atoms with E-state index in [1.54, 1.807) is 0 Å². The number of nitrogens with zero attached hydrogens (tertiary/aromatic N) is 4. The summed E-state index contributed by atoms with van der Waals surface area (Å²) in [5.41, 5.74) is -0.387. The van der Waals surface area contributed by atoms with Gasteiger partial charge in [0.15, 0.2) is 0 Å². The molecule has 1 aromatic carbocycles. The lowest BCUT2D eigenvalue weighted by Crippen LogP contribution is -2.16. The zero-order chi connectivity index (χ0) is 17.2. The number of anilines is 1. The van der Waals surface area contributed by atoms with Gasteiger partial charge >= 0.3 is 6.18 Å². The summed E-state index contributed by atoms with van der Waals surface area (Å²) < 4.78 is 40.2. The second kappa shape index (κ2) is 6.11. The Hall–Kier alpha value is -3.23. The minimum Gasteiger partial charge on any atom is -0.319 e. The number of hydrogen-bond donors (Lipinski definition) is 1. The number of hydrogen-bond acceptors (Lipinski definition) is 4. The molecular formula is C15H10F3N5O. The Morgan fingerprint density at radius 2 is 1.96 bits per heavy atom. The highest BCUT2D eigenvalue weighted by Crippen LogP contribution is 2.33. The van der Waals surface area contributed by atoms with E-state index in [1.165, 1.54) is 47.9 Å². The zero-order valence-electron chi connectivity index (χ0n) is 12.0. The third kappa shape index (κ3) is 3.24. The fraction of sp³-hybridized carbons (Fsp3) is 0.0667. The van der Waals surface area contributed by atoms with Crippen molar-refractivity contribution in [1.82, 2.24) is 19.5 Å². The van der Waals surface area contributed by atoms with Crippen molar-refractivity contribution in [3.63, 3.8) is 0 Å². The first-order valence-corrected chi connectivity index (χ1v) is 6.72. The maximum Gasteiger partial charge on any atom is 0.416 e. The molecule has 0 unspecified atom stereocenters. The Bertz CT molecular complexity index is 847. The van der Waals surface area contributed by atoms with Crippen LogP contribution in [-0.4, -0.2) is 25.4 Å². The van der Waals surface area contributed by atoms with Gasteiger partial charge in [0.1, 0.15) is 12.0 Å². The number of rotatable bonds is 3. The lowest BCUT2D eigenvalue weighted by Gasteiger charge is -2.14. The minimum atomic E-state index is -4.50. The van der Waals surface area contributed by atoms with Crippen LogP contribution in [0, 0.1) is 0 Å². The van der Waals surface area contributed by atoms with Crippen LogP contribution in [-0.2, 0) is 6.18 Å². The number of nitrogens with one attached hydrogen (secondary N) is 1. The molecule has 24 heavy (non-hydrogen) atoms. The Morgan fingerprint density at radius 3 is 2.58 bits per heavy atom. The van der Waals surface area contributed by atoms with Crippen molar-refractivity contribution in [3.05, 3.63) is 66.8 Å². The molecule has 0 aliphatic carbocycles. The highest BCUT2D eigenvalue weighted by molar-refractivity contribution is 6.03. The lowest BCUT2D eigenvalue weighted by molar-refractivity contribution is -0.137. The normalized spacial score (nSPS) is 11.3. The highest BCUT2D eigenvalue weighted by atomic mass is 19.4. The number of benzene rings is 1. The predicted molar refractivity (Wildman–Crippen MR) is 78.6 cm³/mol. The van der Waals surface area contributed by atoms with Gasteiger partial charge in [-0.3, -0.25) is 4.79 Å². The molecule has 0 radical (unpaired) electrons. The Morgan fingerprint density at radius 1 is 1.12 bits per heavy atom. The van der Waals surface area contributed by atoms with Crippen molar-refractivity contribution in [2.45, 2.75) is 6.18 Å². The molecule has 3 rings (SSSR count). The van der Waals surface area contributed by atoms with Crippen LogP contribution in [0.5, 0.6) is 0 Å². The van der Waals surface area contributed by atoms with Crippen LogP contribution in [0.2, 0.25) is 0 Å². The van der Waals surface area contributed by atoms with E-state index in [0.29, 0.717) is 0 Å². The van der Waals surface area contributed by atoms with Crippen molar-refractivity contribution in [3.8, 4) is 5.69 Å². The van der Waals surface area contributed by atoms with E-state index in [0.717, 1.165) is 12.1 Å². The molecule has 1 N–H and O–H groups in total. The number of halogens is 3. The topological polar surface area (TPSA) is 72.7 Å². The first-order chi connectivity index (χ1) is 11.4. The molecule has 1 amide bonds. The van der Waals surface area contributed by atoms with Crippen molar-refractivity contribution >= 4 is 11.6 Å².